The van der Waals surface area contributed by atoms with Gasteiger partial charge in [0.1, 0.15) is 0 Å². The van der Waals surface area contributed by atoms with Gasteiger partial charge in [-0.05, 0) is 37.0 Å². The fraction of sp³-hybridized carbons (Fsp3) is 0.429. The van der Waals surface area contributed by atoms with Crippen molar-refractivity contribution in [2.75, 3.05) is 25.1 Å². The molecule has 2 N–H and O–H groups in total. The van der Waals surface area contributed by atoms with Crippen molar-refractivity contribution >= 4 is 32.7 Å². The van der Waals surface area contributed by atoms with Crippen molar-refractivity contribution < 1.29 is 14.6 Å². The lowest BCUT2D eigenvalue weighted by molar-refractivity contribution is 0.0694. The summed E-state index contributed by atoms with van der Waals surface area (Å²) in [5.41, 5.74) is 1.15. The molecule has 106 valence electrons. The molecule has 1 aliphatic rings. The topological polar surface area (TPSA) is 71.5 Å². The standard InChI is InChI=1S/C14H16N2O3S/c17-13(18)10-1-2-11-12(7-10)20-14(16-11)15-8-9-3-5-19-6-4-9/h1-2,7,9H,3-6,8H2,(H,15,16)(H,17,18). The minimum absolute atomic E-state index is 0.303. The molecule has 1 saturated heterocycles. The second-order valence-electron chi connectivity index (χ2n) is 4.94. The minimum atomic E-state index is -0.906. The van der Waals surface area contributed by atoms with Crippen LogP contribution in [0.3, 0.4) is 0 Å². The Balaban J connectivity index is 1.70. The second kappa shape index (κ2) is 5.76. The number of nitrogens with one attached hydrogen (secondary N) is 1. The first-order chi connectivity index (χ1) is 9.72. The number of rotatable bonds is 4. The summed E-state index contributed by atoms with van der Waals surface area (Å²) in [5, 5.41) is 13.2. The van der Waals surface area contributed by atoms with E-state index in [1.54, 1.807) is 18.2 Å². The van der Waals surface area contributed by atoms with Crippen LogP contribution < -0.4 is 5.32 Å². The monoisotopic (exact) mass is 292 g/mol. The molecule has 6 heteroatoms. The predicted molar refractivity (Wildman–Crippen MR) is 78.6 cm³/mol. The van der Waals surface area contributed by atoms with E-state index in [1.165, 1.54) is 11.3 Å². The summed E-state index contributed by atoms with van der Waals surface area (Å²) in [6.45, 7) is 2.58. The fourth-order valence-corrected chi connectivity index (χ4v) is 3.23. The number of carboxylic acid groups (broad SMARTS) is 1. The molecule has 0 spiro atoms. The van der Waals surface area contributed by atoms with Gasteiger partial charge in [-0.1, -0.05) is 11.3 Å². The SMILES string of the molecule is O=C(O)c1ccc2nc(NCC3CCOCC3)sc2c1. The minimum Gasteiger partial charge on any atom is -0.478 e. The van der Waals surface area contributed by atoms with E-state index < -0.39 is 5.97 Å². The number of aromatic nitrogens is 1. The summed E-state index contributed by atoms with van der Waals surface area (Å²) in [7, 11) is 0. The van der Waals surface area contributed by atoms with Crippen LogP contribution in [0, 0.1) is 5.92 Å². The van der Waals surface area contributed by atoms with Crippen LogP contribution >= 0.6 is 11.3 Å². The first kappa shape index (κ1) is 13.3. The molecule has 1 aromatic heterocycles. The highest BCUT2D eigenvalue weighted by molar-refractivity contribution is 7.22. The van der Waals surface area contributed by atoms with Crippen molar-refractivity contribution in [2.45, 2.75) is 12.8 Å². The summed E-state index contributed by atoms with van der Waals surface area (Å²) >= 11 is 1.50. The van der Waals surface area contributed by atoms with Gasteiger partial charge in [-0.25, -0.2) is 9.78 Å². The largest absolute Gasteiger partial charge is 0.478 e. The molecule has 1 aromatic carbocycles. The molecule has 3 rings (SSSR count). The summed E-state index contributed by atoms with van der Waals surface area (Å²) in [4.78, 5) is 15.4. The summed E-state index contributed by atoms with van der Waals surface area (Å²) < 4.78 is 6.24. The average Bonchev–Trinajstić information content (AvgIpc) is 2.88. The van der Waals surface area contributed by atoms with Crippen molar-refractivity contribution in [2.24, 2.45) is 5.92 Å². The van der Waals surface area contributed by atoms with E-state index in [9.17, 15) is 4.79 Å². The number of thiazole rings is 1. The van der Waals surface area contributed by atoms with Gasteiger partial charge in [-0.3, -0.25) is 0 Å². The third kappa shape index (κ3) is 2.91. The van der Waals surface area contributed by atoms with Crippen molar-refractivity contribution in [3.8, 4) is 0 Å². The zero-order chi connectivity index (χ0) is 13.9. The van der Waals surface area contributed by atoms with Crippen LogP contribution in [0.1, 0.15) is 23.2 Å². The molecular formula is C14H16N2O3S. The Kier molecular flexibility index (Phi) is 3.84. The number of aromatic carboxylic acids is 1. The smallest absolute Gasteiger partial charge is 0.335 e. The predicted octanol–water partition coefficient (Wildman–Crippen LogP) is 2.83. The number of carbonyl (C=O) groups is 1. The Morgan fingerprint density at radius 3 is 3.00 bits per heavy atom. The highest BCUT2D eigenvalue weighted by Gasteiger charge is 2.14. The van der Waals surface area contributed by atoms with Gasteiger partial charge in [0.05, 0.1) is 15.8 Å². The average molecular weight is 292 g/mol. The first-order valence-electron chi connectivity index (χ1n) is 6.68. The third-order valence-corrected chi connectivity index (χ3v) is 4.49. The quantitative estimate of drug-likeness (QED) is 0.906. The number of ether oxygens (including phenoxy) is 1. The first-order valence-corrected chi connectivity index (χ1v) is 7.49. The maximum absolute atomic E-state index is 10.9. The number of hydrogen-bond donors (Lipinski definition) is 2. The van der Waals surface area contributed by atoms with Gasteiger partial charge in [-0.15, -0.1) is 0 Å². The van der Waals surface area contributed by atoms with Gasteiger partial charge < -0.3 is 15.2 Å². The van der Waals surface area contributed by atoms with E-state index >= 15 is 0 Å². The molecular weight excluding hydrogens is 276 g/mol. The third-order valence-electron chi connectivity index (χ3n) is 3.52. The van der Waals surface area contributed by atoms with Gasteiger partial charge in [-0.2, -0.15) is 0 Å². The van der Waals surface area contributed by atoms with Crippen molar-refractivity contribution in [3.05, 3.63) is 23.8 Å². The maximum Gasteiger partial charge on any atom is 0.335 e. The van der Waals surface area contributed by atoms with Crippen LogP contribution in [0.4, 0.5) is 5.13 Å². The van der Waals surface area contributed by atoms with Crippen molar-refractivity contribution in [1.82, 2.24) is 4.98 Å². The van der Waals surface area contributed by atoms with Gasteiger partial charge in [0.25, 0.3) is 0 Å². The van der Waals surface area contributed by atoms with Crippen molar-refractivity contribution in [3.63, 3.8) is 0 Å². The van der Waals surface area contributed by atoms with E-state index in [4.69, 9.17) is 9.84 Å². The lowest BCUT2D eigenvalue weighted by Gasteiger charge is -2.21. The molecule has 2 aromatic rings. The Labute approximate surface area is 120 Å². The molecule has 2 heterocycles. The molecule has 20 heavy (non-hydrogen) atoms. The van der Waals surface area contributed by atoms with Gasteiger partial charge in [0, 0.05) is 19.8 Å². The molecule has 1 fully saturated rings. The number of nitrogens with zero attached hydrogens (tertiary/aromatic N) is 1. The molecule has 0 radical (unpaired) electrons. The molecule has 0 bridgehead atoms. The van der Waals surface area contributed by atoms with E-state index in [2.05, 4.69) is 10.3 Å². The Bertz CT molecular complexity index is 620. The Hall–Kier alpha value is -1.66. The summed E-state index contributed by atoms with van der Waals surface area (Å²) in [6, 6.07) is 5.02. The maximum atomic E-state index is 10.9. The molecule has 5 nitrogen and oxygen atoms in total. The number of fused-ring (bicyclic) bond motifs is 1. The number of benzene rings is 1. The molecule has 0 saturated carbocycles. The van der Waals surface area contributed by atoms with Crippen LogP contribution in [0.5, 0.6) is 0 Å². The zero-order valence-electron chi connectivity index (χ0n) is 11.0. The van der Waals surface area contributed by atoms with E-state index in [0.29, 0.717) is 11.5 Å². The summed E-state index contributed by atoms with van der Waals surface area (Å²) in [6.07, 6.45) is 2.17. The lowest BCUT2D eigenvalue weighted by Crippen LogP contribution is -2.22. The number of hydrogen-bond acceptors (Lipinski definition) is 5. The lowest BCUT2D eigenvalue weighted by atomic mass is 10.0. The number of carboxylic acids is 1. The van der Waals surface area contributed by atoms with E-state index in [0.717, 1.165) is 47.9 Å². The van der Waals surface area contributed by atoms with E-state index in [1.807, 2.05) is 0 Å². The van der Waals surface area contributed by atoms with Crippen molar-refractivity contribution in [1.29, 1.82) is 0 Å². The zero-order valence-corrected chi connectivity index (χ0v) is 11.8. The fourth-order valence-electron chi connectivity index (χ4n) is 2.32. The molecule has 0 unspecified atom stereocenters. The molecule has 1 aliphatic heterocycles. The normalized spacial score (nSPS) is 16.4. The highest BCUT2D eigenvalue weighted by Crippen LogP contribution is 2.27. The van der Waals surface area contributed by atoms with Crippen LogP contribution in [0.2, 0.25) is 0 Å². The Morgan fingerprint density at radius 2 is 2.25 bits per heavy atom. The summed E-state index contributed by atoms with van der Waals surface area (Å²) in [5.74, 6) is -0.276. The van der Waals surface area contributed by atoms with Crippen LogP contribution in [-0.4, -0.2) is 35.8 Å². The highest BCUT2D eigenvalue weighted by atomic mass is 32.1. The Morgan fingerprint density at radius 1 is 1.45 bits per heavy atom. The molecule has 0 amide bonds. The second-order valence-corrected chi connectivity index (χ2v) is 5.97. The van der Waals surface area contributed by atoms with E-state index in [-0.39, 0.29) is 0 Å². The van der Waals surface area contributed by atoms with Crippen LogP contribution in [0.15, 0.2) is 18.2 Å². The van der Waals surface area contributed by atoms with Gasteiger partial charge >= 0.3 is 5.97 Å². The van der Waals surface area contributed by atoms with Gasteiger partial charge in [0.2, 0.25) is 0 Å². The number of anilines is 1. The molecule has 0 aliphatic carbocycles. The van der Waals surface area contributed by atoms with Crippen LogP contribution in [0.25, 0.3) is 10.2 Å². The molecule has 0 atom stereocenters. The van der Waals surface area contributed by atoms with Crippen LogP contribution in [-0.2, 0) is 4.74 Å². The van der Waals surface area contributed by atoms with Gasteiger partial charge in [0.15, 0.2) is 5.13 Å².